The van der Waals surface area contributed by atoms with Crippen LogP contribution in [0.4, 0.5) is 5.69 Å². The molecule has 2 aromatic rings. The molecule has 0 unspecified atom stereocenters. The molecule has 0 saturated carbocycles. The zero-order chi connectivity index (χ0) is 16.3. The number of hydrogen-bond donors (Lipinski definition) is 0. The molecule has 0 aliphatic rings. The highest BCUT2D eigenvalue weighted by Crippen LogP contribution is 2.24. The maximum atomic E-state index is 12.3. The Morgan fingerprint density at radius 1 is 1.55 bits per heavy atom. The normalized spacial score (nSPS) is 11.0. The molecular formula is C14H11BrClN3O3. The standard InChI is InChI=1S/C14H11BrClN3O3/c1-2-18-14(11(15)8-17-18)13(20)6-3-9-7-10(19(21)22)4-5-12(9)16/h3-8H,2H2,1H3/b6-3+. The van der Waals surface area contributed by atoms with Crippen molar-refractivity contribution in [1.29, 1.82) is 0 Å². The van der Waals surface area contributed by atoms with E-state index in [1.165, 1.54) is 30.4 Å². The molecular weight excluding hydrogens is 374 g/mol. The molecule has 0 radical (unpaired) electrons. The fourth-order valence-corrected chi connectivity index (χ4v) is 2.54. The topological polar surface area (TPSA) is 78.0 Å². The first kappa shape index (κ1) is 16.4. The summed E-state index contributed by atoms with van der Waals surface area (Å²) in [6, 6.07) is 4.05. The van der Waals surface area contributed by atoms with E-state index in [1.54, 1.807) is 10.9 Å². The van der Waals surface area contributed by atoms with Gasteiger partial charge in [0.25, 0.3) is 5.69 Å². The first-order valence-corrected chi connectivity index (χ1v) is 7.48. The predicted molar refractivity (Wildman–Crippen MR) is 87.1 cm³/mol. The van der Waals surface area contributed by atoms with Crippen LogP contribution in [-0.2, 0) is 6.54 Å². The van der Waals surface area contributed by atoms with E-state index < -0.39 is 4.92 Å². The molecule has 6 nitrogen and oxygen atoms in total. The summed E-state index contributed by atoms with van der Waals surface area (Å²) in [5, 5.41) is 15.2. The van der Waals surface area contributed by atoms with E-state index >= 15 is 0 Å². The van der Waals surface area contributed by atoms with Crippen molar-refractivity contribution in [3.8, 4) is 0 Å². The molecule has 0 saturated heterocycles. The molecule has 1 aromatic heterocycles. The number of carbonyl (C=O) groups is 1. The number of nitro groups is 1. The summed E-state index contributed by atoms with van der Waals surface area (Å²) in [4.78, 5) is 22.5. The molecule has 0 amide bonds. The van der Waals surface area contributed by atoms with Crippen LogP contribution in [-0.4, -0.2) is 20.5 Å². The number of nitrogens with zero attached hydrogens (tertiary/aromatic N) is 3. The summed E-state index contributed by atoms with van der Waals surface area (Å²) < 4.78 is 2.15. The van der Waals surface area contributed by atoms with Gasteiger partial charge in [0.15, 0.2) is 0 Å². The second-order valence-electron chi connectivity index (χ2n) is 4.32. The fraction of sp³-hybridized carbons (Fsp3) is 0.143. The predicted octanol–water partition coefficient (Wildman–Crippen LogP) is 4.12. The molecule has 0 aliphatic carbocycles. The van der Waals surface area contributed by atoms with Crippen molar-refractivity contribution < 1.29 is 9.72 Å². The van der Waals surface area contributed by atoms with E-state index in [-0.39, 0.29) is 11.5 Å². The minimum Gasteiger partial charge on any atom is -0.288 e. The van der Waals surface area contributed by atoms with Gasteiger partial charge in [-0.1, -0.05) is 11.6 Å². The molecule has 2 rings (SSSR count). The lowest BCUT2D eigenvalue weighted by molar-refractivity contribution is -0.384. The Balaban J connectivity index is 2.32. The average molecular weight is 385 g/mol. The highest BCUT2D eigenvalue weighted by atomic mass is 79.9. The van der Waals surface area contributed by atoms with Gasteiger partial charge in [-0.3, -0.25) is 19.6 Å². The molecule has 0 aliphatic heterocycles. The number of rotatable bonds is 5. The summed E-state index contributed by atoms with van der Waals surface area (Å²) in [5.41, 5.74) is 0.736. The lowest BCUT2D eigenvalue weighted by Crippen LogP contribution is -2.07. The van der Waals surface area contributed by atoms with Crippen molar-refractivity contribution >= 4 is 45.1 Å². The highest BCUT2D eigenvalue weighted by Gasteiger charge is 2.14. The highest BCUT2D eigenvalue weighted by molar-refractivity contribution is 9.10. The zero-order valence-corrected chi connectivity index (χ0v) is 13.8. The van der Waals surface area contributed by atoms with Gasteiger partial charge in [-0.15, -0.1) is 0 Å². The Morgan fingerprint density at radius 2 is 2.27 bits per heavy atom. The number of aromatic nitrogens is 2. The fourth-order valence-electron chi connectivity index (χ4n) is 1.86. The van der Waals surface area contributed by atoms with E-state index in [9.17, 15) is 14.9 Å². The Bertz CT molecular complexity index is 771. The smallest absolute Gasteiger partial charge is 0.270 e. The zero-order valence-electron chi connectivity index (χ0n) is 11.5. The van der Waals surface area contributed by atoms with Crippen LogP contribution in [0.3, 0.4) is 0 Å². The van der Waals surface area contributed by atoms with Gasteiger partial charge in [-0.05, 0) is 46.6 Å². The van der Waals surface area contributed by atoms with Gasteiger partial charge in [0, 0.05) is 23.7 Å². The van der Waals surface area contributed by atoms with Gasteiger partial charge in [0.05, 0.1) is 15.6 Å². The van der Waals surface area contributed by atoms with E-state index in [4.69, 9.17) is 11.6 Å². The van der Waals surface area contributed by atoms with Gasteiger partial charge >= 0.3 is 0 Å². The number of halogens is 2. The molecule has 8 heteroatoms. The van der Waals surface area contributed by atoms with Gasteiger partial charge in [0.2, 0.25) is 5.78 Å². The number of hydrogen-bond acceptors (Lipinski definition) is 4. The maximum Gasteiger partial charge on any atom is 0.270 e. The van der Waals surface area contributed by atoms with E-state index in [2.05, 4.69) is 21.0 Å². The summed E-state index contributed by atoms with van der Waals surface area (Å²) in [7, 11) is 0. The van der Waals surface area contributed by atoms with E-state index in [0.29, 0.717) is 27.3 Å². The van der Waals surface area contributed by atoms with E-state index in [1.807, 2.05) is 6.92 Å². The van der Waals surface area contributed by atoms with Crippen molar-refractivity contribution in [1.82, 2.24) is 9.78 Å². The summed E-state index contributed by atoms with van der Waals surface area (Å²) in [5.74, 6) is -0.270. The Kier molecular flexibility index (Phi) is 5.10. The first-order valence-electron chi connectivity index (χ1n) is 6.31. The monoisotopic (exact) mass is 383 g/mol. The molecule has 1 heterocycles. The van der Waals surface area contributed by atoms with Crippen LogP contribution >= 0.6 is 27.5 Å². The number of benzene rings is 1. The van der Waals surface area contributed by atoms with Gasteiger partial charge in [-0.2, -0.15) is 5.10 Å². The Hall–Kier alpha value is -1.99. The number of non-ortho nitro benzene ring substituents is 1. The lowest BCUT2D eigenvalue weighted by Gasteiger charge is -2.02. The van der Waals surface area contributed by atoms with Crippen LogP contribution in [0.15, 0.2) is 34.9 Å². The van der Waals surface area contributed by atoms with Gasteiger partial charge in [0.1, 0.15) is 5.69 Å². The quantitative estimate of drug-likeness (QED) is 0.336. The second-order valence-corrected chi connectivity index (χ2v) is 5.58. The van der Waals surface area contributed by atoms with E-state index in [0.717, 1.165) is 0 Å². The third-order valence-electron chi connectivity index (χ3n) is 2.93. The van der Waals surface area contributed by atoms with Crippen molar-refractivity contribution in [3.05, 3.63) is 61.3 Å². The molecule has 0 fully saturated rings. The maximum absolute atomic E-state index is 12.3. The molecule has 114 valence electrons. The van der Waals surface area contributed by atoms with Gasteiger partial charge < -0.3 is 0 Å². The van der Waals surface area contributed by atoms with Gasteiger partial charge in [-0.25, -0.2) is 0 Å². The number of aryl methyl sites for hydroxylation is 1. The van der Waals surface area contributed by atoms with Crippen LogP contribution in [0.2, 0.25) is 5.02 Å². The van der Waals surface area contributed by atoms with Crippen LogP contribution in [0.5, 0.6) is 0 Å². The average Bonchev–Trinajstić information content (AvgIpc) is 2.86. The number of carbonyl (C=O) groups excluding carboxylic acids is 1. The summed E-state index contributed by atoms with van der Waals surface area (Å²) in [6.45, 7) is 2.43. The number of nitro benzene ring substituents is 1. The Morgan fingerprint density at radius 3 is 2.91 bits per heavy atom. The van der Waals surface area contributed by atoms with Crippen LogP contribution < -0.4 is 0 Å². The van der Waals surface area contributed by atoms with Crippen LogP contribution in [0.25, 0.3) is 6.08 Å². The van der Waals surface area contributed by atoms with Crippen molar-refractivity contribution in [3.63, 3.8) is 0 Å². The molecule has 0 bridgehead atoms. The molecule has 22 heavy (non-hydrogen) atoms. The lowest BCUT2D eigenvalue weighted by atomic mass is 10.1. The van der Waals surface area contributed by atoms with Crippen molar-refractivity contribution in [2.45, 2.75) is 13.5 Å². The molecule has 0 atom stereocenters. The van der Waals surface area contributed by atoms with Crippen molar-refractivity contribution in [2.24, 2.45) is 0 Å². The Labute approximate surface area is 139 Å². The number of ketones is 1. The third kappa shape index (κ3) is 3.42. The molecule has 1 aromatic carbocycles. The number of allylic oxidation sites excluding steroid dienone is 1. The largest absolute Gasteiger partial charge is 0.288 e. The second kappa shape index (κ2) is 6.85. The SMILES string of the molecule is CCn1ncc(Br)c1C(=O)/C=C/c1cc([N+](=O)[O-])ccc1Cl. The van der Waals surface area contributed by atoms with Crippen LogP contribution in [0, 0.1) is 10.1 Å². The molecule has 0 N–H and O–H groups in total. The van der Waals surface area contributed by atoms with Crippen molar-refractivity contribution in [2.75, 3.05) is 0 Å². The third-order valence-corrected chi connectivity index (χ3v) is 3.86. The van der Waals surface area contributed by atoms with Crippen LogP contribution in [0.1, 0.15) is 23.0 Å². The minimum absolute atomic E-state index is 0.0868. The first-order chi connectivity index (χ1) is 10.4. The minimum atomic E-state index is -0.516. The summed E-state index contributed by atoms with van der Waals surface area (Å²) >= 11 is 9.26. The molecule has 0 spiro atoms. The summed E-state index contributed by atoms with van der Waals surface area (Å²) in [6.07, 6.45) is 4.32.